The first kappa shape index (κ1) is 12.4. The van der Waals surface area contributed by atoms with Crippen LogP contribution >= 0.6 is 15.9 Å². The summed E-state index contributed by atoms with van der Waals surface area (Å²) >= 11 is 3.47. The fraction of sp³-hybridized carbons (Fsp3) is 1.00. The second-order valence-corrected chi connectivity index (χ2v) is 4.85. The van der Waals surface area contributed by atoms with E-state index in [1.54, 1.807) is 0 Å². The molecule has 0 aliphatic heterocycles. The molecule has 0 aromatic heterocycles. The molecule has 0 amide bonds. The molecule has 1 aliphatic rings. The van der Waals surface area contributed by atoms with E-state index in [0.717, 1.165) is 24.5 Å². The number of halogens is 2. The van der Waals surface area contributed by atoms with Crippen LogP contribution in [-0.2, 0) is 0 Å². The van der Waals surface area contributed by atoms with Crippen molar-refractivity contribution in [3.8, 4) is 0 Å². The van der Waals surface area contributed by atoms with E-state index in [2.05, 4.69) is 20.8 Å². The smallest absolute Gasteiger partial charge is 0.0906 e. The van der Waals surface area contributed by atoms with Gasteiger partial charge in [0.05, 0.1) is 6.67 Å². The zero-order valence-corrected chi connectivity index (χ0v) is 10.4. The summed E-state index contributed by atoms with van der Waals surface area (Å²) in [4.78, 5) is 2.47. The van der Waals surface area contributed by atoms with Gasteiger partial charge in [-0.3, -0.25) is 9.29 Å². The van der Waals surface area contributed by atoms with Crippen LogP contribution in [0.1, 0.15) is 38.5 Å². The number of nitrogens with zero attached hydrogens (tertiary/aromatic N) is 1. The highest BCUT2D eigenvalue weighted by Crippen LogP contribution is 2.22. The summed E-state index contributed by atoms with van der Waals surface area (Å²) in [5, 5.41) is 1.01. The minimum absolute atomic E-state index is 0.175. The molecule has 0 spiro atoms. The third kappa shape index (κ3) is 4.26. The van der Waals surface area contributed by atoms with Gasteiger partial charge in [-0.25, -0.2) is 0 Å². The molecule has 0 bridgehead atoms. The summed E-state index contributed by atoms with van der Waals surface area (Å²) in [5.74, 6) is 0. The molecule has 1 nitrogen and oxygen atoms in total. The van der Waals surface area contributed by atoms with Crippen molar-refractivity contribution in [3.05, 3.63) is 0 Å². The van der Waals surface area contributed by atoms with Gasteiger partial charge >= 0.3 is 0 Å². The van der Waals surface area contributed by atoms with E-state index in [4.69, 9.17) is 0 Å². The van der Waals surface area contributed by atoms with Crippen LogP contribution in [0.3, 0.4) is 0 Å². The van der Waals surface area contributed by atoms with Crippen molar-refractivity contribution in [3.63, 3.8) is 0 Å². The lowest BCUT2D eigenvalue weighted by atomic mass is 9.94. The Morgan fingerprint density at radius 3 is 2.43 bits per heavy atom. The Bertz CT molecular complexity index is 137. The van der Waals surface area contributed by atoms with Crippen molar-refractivity contribution in [2.75, 3.05) is 25.1 Å². The molecular weight excluding hydrogens is 245 g/mol. The first-order valence-electron chi connectivity index (χ1n) is 5.74. The van der Waals surface area contributed by atoms with Crippen molar-refractivity contribution in [2.45, 2.75) is 44.6 Å². The van der Waals surface area contributed by atoms with E-state index in [1.807, 2.05) is 0 Å². The molecule has 0 saturated heterocycles. The highest BCUT2D eigenvalue weighted by Gasteiger charge is 2.19. The van der Waals surface area contributed by atoms with Gasteiger partial charge in [0.15, 0.2) is 0 Å². The molecule has 1 aliphatic carbocycles. The average Bonchev–Trinajstić information content (AvgIpc) is 2.25. The SMILES string of the molecule is FCCCN(CCBr)C1CCCCC1. The van der Waals surface area contributed by atoms with Crippen LogP contribution < -0.4 is 0 Å². The summed E-state index contributed by atoms with van der Waals surface area (Å²) in [6.45, 7) is 1.84. The van der Waals surface area contributed by atoms with Gasteiger partial charge < -0.3 is 0 Å². The normalized spacial score (nSPS) is 19.1. The Morgan fingerprint density at radius 1 is 1.14 bits per heavy atom. The summed E-state index contributed by atoms with van der Waals surface area (Å²) in [7, 11) is 0. The maximum absolute atomic E-state index is 12.1. The molecular formula is C11H21BrFN. The van der Waals surface area contributed by atoms with Gasteiger partial charge in [0.1, 0.15) is 0 Å². The Morgan fingerprint density at radius 2 is 1.86 bits per heavy atom. The Labute approximate surface area is 95.2 Å². The van der Waals surface area contributed by atoms with E-state index in [1.165, 1.54) is 32.1 Å². The number of hydrogen-bond donors (Lipinski definition) is 0. The molecule has 0 heterocycles. The quantitative estimate of drug-likeness (QED) is 0.666. The lowest BCUT2D eigenvalue weighted by Gasteiger charge is -2.33. The van der Waals surface area contributed by atoms with Crippen LogP contribution in [0, 0.1) is 0 Å². The fourth-order valence-electron chi connectivity index (χ4n) is 2.29. The van der Waals surface area contributed by atoms with Crippen molar-refractivity contribution < 1.29 is 4.39 Å². The molecule has 0 atom stereocenters. The molecule has 14 heavy (non-hydrogen) atoms. The van der Waals surface area contributed by atoms with Crippen LogP contribution in [0.5, 0.6) is 0 Å². The van der Waals surface area contributed by atoms with E-state index in [0.29, 0.717) is 6.42 Å². The van der Waals surface area contributed by atoms with Crippen molar-refractivity contribution >= 4 is 15.9 Å². The fourth-order valence-corrected chi connectivity index (χ4v) is 2.75. The molecule has 0 aromatic rings. The van der Waals surface area contributed by atoms with Crippen molar-refractivity contribution in [1.29, 1.82) is 0 Å². The third-order valence-electron chi connectivity index (χ3n) is 3.04. The van der Waals surface area contributed by atoms with Gasteiger partial charge in [0.2, 0.25) is 0 Å². The predicted molar refractivity (Wildman–Crippen MR) is 62.8 cm³/mol. The largest absolute Gasteiger partial charge is 0.299 e. The molecule has 0 unspecified atom stereocenters. The Balaban J connectivity index is 2.30. The first-order valence-corrected chi connectivity index (χ1v) is 6.86. The molecule has 1 saturated carbocycles. The van der Waals surface area contributed by atoms with Crippen LogP contribution in [-0.4, -0.2) is 36.0 Å². The topological polar surface area (TPSA) is 3.24 Å². The molecule has 0 aromatic carbocycles. The second-order valence-electron chi connectivity index (χ2n) is 4.06. The van der Waals surface area contributed by atoms with Gasteiger partial charge in [-0.05, 0) is 19.3 Å². The van der Waals surface area contributed by atoms with Crippen LogP contribution in [0.25, 0.3) is 0 Å². The standard InChI is InChI=1S/C11H21BrFN/c12-7-10-14(9-4-8-13)11-5-2-1-3-6-11/h11H,1-10H2. The Hall–Kier alpha value is 0.370. The lowest BCUT2D eigenvalue weighted by molar-refractivity contribution is 0.160. The van der Waals surface area contributed by atoms with Gasteiger partial charge in [-0.1, -0.05) is 35.2 Å². The highest BCUT2D eigenvalue weighted by atomic mass is 79.9. The minimum atomic E-state index is -0.175. The average molecular weight is 266 g/mol. The van der Waals surface area contributed by atoms with Gasteiger partial charge in [0, 0.05) is 24.5 Å². The van der Waals surface area contributed by atoms with E-state index >= 15 is 0 Å². The monoisotopic (exact) mass is 265 g/mol. The molecule has 3 heteroatoms. The summed E-state index contributed by atoms with van der Waals surface area (Å²) in [5.41, 5.74) is 0. The molecule has 84 valence electrons. The Kier molecular flexibility index (Phi) is 6.78. The van der Waals surface area contributed by atoms with Gasteiger partial charge in [0.25, 0.3) is 0 Å². The van der Waals surface area contributed by atoms with Crippen LogP contribution in [0.2, 0.25) is 0 Å². The third-order valence-corrected chi connectivity index (χ3v) is 3.40. The van der Waals surface area contributed by atoms with Gasteiger partial charge in [-0.15, -0.1) is 0 Å². The number of alkyl halides is 2. The zero-order valence-electron chi connectivity index (χ0n) is 8.85. The molecule has 1 fully saturated rings. The highest BCUT2D eigenvalue weighted by molar-refractivity contribution is 9.09. The predicted octanol–water partition coefficient (Wildman–Crippen LogP) is 3.38. The second kappa shape index (κ2) is 7.63. The van der Waals surface area contributed by atoms with Crippen molar-refractivity contribution in [1.82, 2.24) is 4.90 Å². The maximum atomic E-state index is 12.1. The van der Waals surface area contributed by atoms with Crippen LogP contribution in [0.15, 0.2) is 0 Å². The first-order chi connectivity index (χ1) is 6.88. The molecule has 1 rings (SSSR count). The van der Waals surface area contributed by atoms with E-state index in [-0.39, 0.29) is 6.67 Å². The van der Waals surface area contributed by atoms with Crippen LogP contribution in [0.4, 0.5) is 4.39 Å². The van der Waals surface area contributed by atoms with E-state index < -0.39 is 0 Å². The summed E-state index contributed by atoms with van der Waals surface area (Å²) < 4.78 is 12.1. The van der Waals surface area contributed by atoms with Gasteiger partial charge in [-0.2, -0.15) is 0 Å². The molecule has 0 N–H and O–H groups in total. The maximum Gasteiger partial charge on any atom is 0.0906 e. The van der Waals surface area contributed by atoms with Crippen molar-refractivity contribution in [2.24, 2.45) is 0 Å². The van der Waals surface area contributed by atoms with E-state index in [9.17, 15) is 4.39 Å². The number of hydrogen-bond acceptors (Lipinski definition) is 1. The number of rotatable bonds is 6. The summed E-state index contributed by atoms with van der Waals surface area (Å²) in [6.07, 6.45) is 7.45. The summed E-state index contributed by atoms with van der Waals surface area (Å²) in [6, 6.07) is 0.729. The zero-order chi connectivity index (χ0) is 10.2. The molecule has 0 radical (unpaired) electrons. The minimum Gasteiger partial charge on any atom is -0.299 e. The lowest BCUT2D eigenvalue weighted by Crippen LogP contribution is -2.38.